The SMILES string of the molecule is Cc1ccc(N(c2ccc(C=C(c3ccccc3)c3ccccc3)cc2)c2ccc(-c3ccccc3)cc2)cc1.Cc1ccc(Nc2ccc(C=C(c3ccccc3)c3ccccc3)cc2)cc1. The van der Waals surface area contributed by atoms with Gasteiger partial charge in [0.15, 0.2) is 0 Å². The maximum Gasteiger partial charge on any atom is 0.0462 e. The molecule has 10 aromatic carbocycles. The van der Waals surface area contributed by atoms with E-state index in [1.165, 1.54) is 61.2 Å². The van der Waals surface area contributed by atoms with Crippen LogP contribution < -0.4 is 10.2 Å². The number of hydrogen-bond acceptors (Lipinski definition) is 2. The Morgan fingerprint density at radius 2 is 0.574 bits per heavy atom. The molecule has 0 unspecified atom stereocenters. The van der Waals surface area contributed by atoms with Crippen LogP contribution in [0.25, 0.3) is 34.4 Å². The molecule has 0 aliphatic carbocycles. The van der Waals surface area contributed by atoms with Crippen LogP contribution in [0.4, 0.5) is 28.4 Å². The van der Waals surface area contributed by atoms with Gasteiger partial charge >= 0.3 is 0 Å². The maximum atomic E-state index is 3.45. The van der Waals surface area contributed by atoms with Crippen molar-refractivity contribution >= 4 is 51.7 Å². The molecule has 0 amide bonds. The predicted molar refractivity (Wildman–Crippen MR) is 292 cm³/mol. The van der Waals surface area contributed by atoms with E-state index in [-0.39, 0.29) is 0 Å². The Bertz CT molecular complexity index is 3080. The van der Waals surface area contributed by atoms with Gasteiger partial charge in [0.25, 0.3) is 0 Å². The first-order chi connectivity index (χ1) is 33.5. The van der Waals surface area contributed by atoms with Gasteiger partial charge in [-0.1, -0.05) is 223 Å². The van der Waals surface area contributed by atoms with Gasteiger partial charge in [-0.15, -0.1) is 0 Å². The molecule has 10 rings (SSSR count). The Morgan fingerprint density at radius 1 is 0.294 bits per heavy atom. The molecule has 10 aromatic rings. The molecule has 0 aliphatic heterocycles. The number of nitrogens with one attached hydrogen (secondary N) is 1. The number of nitrogens with zero attached hydrogens (tertiary/aromatic N) is 1. The van der Waals surface area contributed by atoms with E-state index in [0.717, 1.165) is 34.0 Å². The molecule has 2 nitrogen and oxygen atoms in total. The van der Waals surface area contributed by atoms with Crippen molar-refractivity contribution in [3.63, 3.8) is 0 Å². The summed E-state index contributed by atoms with van der Waals surface area (Å²) < 4.78 is 0. The summed E-state index contributed by atoms with van der Waals surface area (Å²) in [6.45, 7) is 4.23. The number of aryl methyl sites for hydroxylation is 2. The largest absolute Gasteiger partial charge is 0.356 e. The van der Waals surface area contributed by atoms with Crippen molar-refractivity contribution < 1.29 is 0 Å². The van der Waals surface area contributed by atoms with Gasteiger partial charge in [-0.3, -0.25) is 0 Å². The molecular formula is C66H54N2. The van der Waals surface area contributed by atoms with Crippen LogP contribution in [0.2, 0.25) is 0 Å². The lowest BCUT2D eigenvalue weighted by Crippen LogP contribution is -2.09. The van der Waals surface area contributed by atoms with Gasteiger partial charge in [-0.2, -0.15) is 0 Å². The van der Waals surface area contributed by atoms with Crippen LogP contribution in [0.15, 0.2) is 273 Å². The van der Waals surface area contributed by atoms with E-state index in [9.17, 15) is 0 Å². The minimum atomic E-state index is 1.09. The van der Waals surface area contributed by atoms with E-state index >= 15 is 0 Å². The van der Waals surface area contributed by atoms with Crippen molar-refractivity contribution in [3.8, 4) is 11.1 Å². The maximum absolute atomic E-state index is 3.45. The summed E-state index contributed by atoms with van der Waals surface area (Å²) in [6, 6.07) is 96.2. The molecule has 0 saturated heterocycles. The van der Waals surface area contributed by atoms with Crippen LogP contribution in [-0.4, -0.2) is 0 Å². The third-order valence-corrected chi connectivity index (χ3v) is 11.9. The van der Waals surface area contributed by atoms with Gasteiger partial charge < -0.3 is 10.2 Å². The van der Waals surface area contributed by atoms with Gasteiger partial charge in [-0.25, -0.2) is 0 Å². The second-order valence-electron chi connectivity index (χ2n) is 16.9. The number of anilines is 5. The van der Waals surface area contributed by atoms with E-state index in [4.69, 9.17) is 0 Å². The van der Waals surface area contributed by atoms with Gasteiger partial charge in [0.1, 0.15) is 0 Å². The normalized spacial score (nSPS) is 10.5. The first kappa shape index (κ1) is 44.5. The molecule has 0 spiro atoms. The summed E-state index contributed by atoms with van der Waals surface area (Å²) in [4.78, 5) is 2.32. The Labute approximate surface area is 402 Å². The van der Waals surface area contributed by atoms with Gasteiger partial charge in [-0.05, 0) is 142 Å². The lowest BCUT2D eigenvalue weighted by atomic mass is 9.95. The van der Waals surface area contributed by atoms with Crippen LogP contribution >= 0.6 is 0 Å². The highest BCUT2D eigenvalue weighted by Gasteiger charge is 2.14. The van der Waals surface area contributed by atoms with Crippen molar-refractivity contribution in [2.24, 2.45) is 0 Å². The fourth-order valence-corrected chi connectivity index (χ4v) is 8.23. The first-order valence-corrected chi connectivity index (χ1v) is 23.2. The fraction of sp³-hybridized carbons (Fsp3) is 0.0303. The third-order valence-electron chi connectivity index (χ3n) is 11.9. The molecule has 0 bridgehead atoms. The molecule has 0 fully saturated rings. The molecule has 0 heterocycles. The molecule has 0 aromatic heterocycles. The van der Waals surface area contributed by atoms with Gasteiger partial charge in [0.2, 0.25) is 0 Å². The molecule has 0 radical (unpaired) electrons. The van der Waals surface area contributed by atoms with E-state index in [1.807, 2.05) is 0 Å². The average molecular weight is 875 g/mol. The predicted octanol–water partition coefficient (Wildman–Crippen LogP) is 18.0. The summed E-state index contributed by atoms with van der Waals surface area (Å²) in [5.74, 6) is 0. The summed E-state index contributed by atoms with van der Waals surface area (Å²) in [5.41, 5.74) is 20.1. The van der Waals surface area contributed by atoms with E-state index in [0.29, 0.717) is 0 Å². The Balaban J connectivity index is 0.000000181. The fourth-order valence-electron chi connectivity index (χ4n) is 8.23. The van der Waals surface area contributed by atoms with E-state index in [1.54, 1.807) is 0 Å². The molecular weight excluding hydrogens is 821 g/mol. The molecule has 1 N–H and O–H groups in total. The van der Waals surface area contributed by atoms with Crippen molar-refractivity contribution in [3.05, 3.63) is 317 Å². The van der Waals surface area contributed by atoms with Crippen molar-refractivity contribution in [1.29, 1.82) is 0 Å². The van der Waals surface area contributed by atoms with E-state index in [2.05, 4.69) is 309 Å². The summed E-state index contributed by atoms with van der Waals surface area (Å²) in [5, 5.41) is 3.45. The second kappa shape index (κ2) is 22.0. The Hall–Kier alpha value is -8.72. The third kappa shape index (κ3) is 11.6. The summed E-state index contributed by atoms with van der Waals surface area (Å²) in [6.07, 6.45) is 4.53. The Morgan fingerprint density at radius 3 is 0.956 bits per heavy atom. The molecule has 0 atom stereocenters. The van der Waals surface area contributed by atoms with Gasteiger partial charge in [0.05, 0.1) is 0 Å². The zero-order valence-electron chi connectivity index (χ0n) is 38.6. The topological polar surface area (TPSA) is 15.3 Å². The molecule has 0 aliphatic rings. The van der Waals surface area contributed by atoms with Crippen LogP contribution in [-0.2, 0) is 0 Å². The van der Waals surface area contributed by atoms with Gasteiger partial charge in [0, 0.05) is 28.4 Å². The summed E-state index contributed by atoms with van der Waals surface area (Å²) >= 11 is 0. The minimum absolute atomic E-state index is 1.09. The van der Waals surface area contributed by atoms with Crippen molar-refractivity contribution in [1.82, 2.24) is 0 Å². The lowest BCUT2D eigenvalue weighted by molar-refractivity contribution is 1.27. The van der Waals surface area contributed by atoms with Crippen LogP contribution in [0.1, 0.15) is 44.5 Å². The molecule has 328 valence electrons. The monoisotopic (exact) mass is 874 g/mol. The smallest absolute Gasteiger partial charge is 0.0462 e. The zero-order chi connectivity index (χ0) is 46.3. The number of rotatable bonds is 12. The lowest BCUT2D eigenvalue weighted by Gasteiger charge is -2.26. The van der Waals surface area contributed by atoms with Crippen molar-refractivity contribution in [2.45, 2.75) is 13.8 Å². The second-order valence-corrected chi connectivity index (χ2v) is 16.9. The average Bonchev–Trinajstić information content (AvgIpc) is 3.41. The standard InChI is InChI=1S/C39H31N.C27H23N/c1-30-17-23-36(24-18-30)40(38-27-21-33(22-28-38)32-11-5-2-6-12-32)37-25-19-31(20-26-37)29-39(34-13-7-3-8-14-34)35-15-9-4-10-16-35;1-21-12-16-25(17-13-21)28-26-18-14-22(15-19-26)20-27(23-8-4-2-5-9-23)24-10-6-3-7-11-24/h2-29H,1H3;2-20,28H,1H3. The molecule has 0 saturated carbocycles. The van der Waals surface area contributed by atoms with Crippen LogP contribution in [0, 0.1) is 13.8 Å². The molecule has 68 heavy (non-hydrogen) atoms. The zero-order valence-corrected chi connectivity index (χ0v) is 38.6. The van der Waals surface area contributed by atoms with E-state index < -0.39 is 0 Å². The highest BCUT2D eigenvalue weighted by Crippen LogP contribution is 2.37. The minimum Gasteiger partial charge on any atom is -0.356 e. The van der Waals surface area contributed by atoms with Crippen LogP contribution in [0.3, 0.4) is 0 Å². The van der Waals surface area contributed by atoms with Crippen molar-refractivity contribution in [2.75, 3.05) is 10.2 Å². The first-order valence-electron chi connectivity index (χ1n) is 23.2. The highest BCUT2D eigenvalue weighted by atomic mass is 15.1. The van der Waals surface area contributed by atoms with Crippen LogP contribution in [0.5, 0.6) is 0 Å². The quantitative estimate of drug-likeness (QED) is 0.123. The Kier molecular flexibility index (Phi) is 14.4. The number of benzene rings is 10. The number of hydrogen-bond donors (Lipinski definition) is 1. The summed E-state index contributed by atoms with van der Waals surface area (Å²) in [7, 11) is 0. The highest BCUT2D eigenvalue weighted by molar-refractivity contribution is 5.93. The molecule has 2 heteroatoms.